The SMILES string of the molecule is O=C(NCC1(OCCO)CCC1)Nc1nc(-c2ccccc2)ns1. The minimum absolute atomic E-state index is 0.0129. The standard InChI is InChI=1S/C16H20N4O3S/c21-9-10-23-16(7-4-8-16)11-17-14(22)19-15-18-13(20-24-15)12-5-2-1-3-6-12/h1-3,5-6,21H,4,7-11H2,(H2,17,18,19,20,22). The molecule has 0 radical (unpaired) electrons. The Bertz CT molecular complexity index is 673. The Hall–Kier alpha value is -2.03. The number of rotatable bonds is 7. The normalized spacial score (nSPS) is 15.5. The van der Waals surface area contributed by atoms with Gasteiger partial charge in [-0.15, -0.1) is 0 Å². The zero-order valence-electron chi connectivity index (χ0n) is 13.2. The van der Waals surface area contributed by atoms with Crippen molar-refractivity contribution in [2.24, 2.45) is 0 Å². The zero-order valence-corrected chi connectivity index (χ0v) is 14.0. The molecule has 1 aromatic heterocycles. The van der Waals surface area contributed by atoms with Crippen LogP contribution in [0.3, 0.4) is 0 Å². The van der Waals surface area contributed by atoms with E-state index in [1.54, 1.807) is 0 Å². The average Bonchev–Trinajstić information content (AvgIpc) is 3.03. The molecule has 0 saturated heterocycles. The Morgan fingerprint density at radius 1 is 1.33 bits per heavy atom. The van der Waals surface area contributed by atoms with Gasteiger partial charge in [0.05, 0.1) is 18.8 Å². The lowest BCUT2D eigenvalue weighted by atomic mass is 9.80. The van der Waals surface area contributed by atoms with E-state index in [4.69, 9.17) is 9.84 Å². The quantitative estimate of drug-likeness (QED) is 0.713. The van der Waals surface area contributed by atoms with E-state index in [-0.39, 0.29) is 18.2 Å². The zero-order chi connectivity index (χ0) is 16.8. The van der Waals surface area contributed by atoms with E-state index < -0.39 is 0 Å². The second kappa shape index (κ2) is 7.69. The third-order valence-electron chi connectivity index (χ3n) is 4.01. The van der Waals surface area contributed by atoms with Gasteiger partial charge in [0.2, 0.25) is 5.13 Å². The second-order valence-electron chi connectivity index (χ2n) is 5.71. The van der Waals surface area contributed by atoms with Crippen molar-refractivity contribution in [1.82, 2.24) is 14.7 Å². The molecular formula is C16H20N4O3S. The van der Waals surface area contributed by atoms with Crippen molar-refractivity contribution in [2.75, 3.05) is 25.1 Å². The van der Waals surface area contributed by atoms with Crippen LogP contribution in [-0.2, 0) is 4.74 Å². The molecule has 2 amide bonds. The van der Waals surface area contributed by atoms with Crippen LogP contribution >= 0.6 is 11.5 Å². The van der Waals surface area contributed by atoms with Gasteiger partial charge in [0.1, 0.15) is 0 Å². The van der Waals surface area contributed by atoms with Crippen molar-refractivity contribution in [3.63, 3.8) is 0 Å². The van der Waals surface area contributed by atoms with E-state index in [2.05, 4.69) is 20.0 Å². The molecule has 0 spiro atoms. The summed E-state index contributed by atoms with van der Waals surface area (Å²) in [5, 5.41) is 14.8. The summed E-state index contributed by atoms with van der Waals surface area (Å²) in [5.74, 6) is 0.595. The molecule has 8 heteroatoms. The Morgan fingerprint density at radius 3 is 2.79 bits per heavy atom. The molecule has 24 heavy (non-hydrogen) atoms. The summed E-state index contributed by atoms with van der Waals surface area (Å²) in [6.45, 7) is 0.699. The summed E-state index contributed by atoms with van der Waals surface area (Å²) >= 11 is 1.14. The monoisotopic (exact) mass is 348 g/mol. The molecule has 128 valence electrons. The highest BCUT2D eigenvalue weighted by molar-refractivity contribution is 7.10. The molecule has 0 bridgehead atoms. The number of benzene rings is 1. The highest BCUT2D eigenvalue weighted by Gasteiger charge is 2.38. The number of nitrogens with one attached hydrogen (secondary N) is 2. The number of urea groups is 1. The molecule has 0 unspecified atom stereocenters. The second-order valence-corrected chi connectivity index (χ2v) is 6.46. The number of carbonyl (C=O) groups excluding carboxylic acids is 1. The van der Waals surface area contributed by atoms with Crippen LogP contribution in [0.4, 0.5) is 9.93 Å². The predicted octanol–water partition coefficient (Wildman–Crippen LogP) is 2.26. The van der Waals surface area contributed by atoms with Crippen molar-refractivity contribution < 1.29 is 14.6 Å². The number of hydrogen-bond donors (Lipinski definition) is 3. The van der Waals surface area contributed by atoms with Gasteiger partial charge in [-0.3, -0.25) is 5.32 Å². The summed E-state index contributed by atoms with van der Waals surface area (Å²) in [4.78, 5) is 16.4. The number of nitrogens with zero attached hydrogens (tertiary/aromatic N) is 2. The van der Waals surface area contributed by atoms with Gasteiger partial charge >= 0.3 is 6.03 Å². The lowest BCUT2D eigenvalue weighted by Gasteiger charge is -2.41. The van der Waals surface area contributed by atoms with Gasteiger partial charge < -0.3 is 15.2 Å². The van der Waals surface area contributed by atoms with Gasteiger partial charge in [0, 0.05) is 23.6 Å². The number of aliphatic hydroxyl groups excluding tert-OH is 1. The van der Waals surface area contributed by atoms with Crippen LogP contribution in [0, 0.1) is 0 Å². The molecule has 1 aliphatic carbocycles. The van der Waals surface area contributed by atoms with Crippen LogP contribution in [0.5, 0.6) is 0 Å². The van der Waals surface area contributed by atoms with Crippen LogP contribution in [0.15, 0.2) is 30.3 Å². The predicted molar refractivity (Wildman–Crippen MR) is 92.0 cm³/mol. The third-order valence-corrected chi connectivity index (χ3v) is 4.64. The summed E-state index contributed by atoms with van der Waals surface area (Å²) in [6, 6.07) is 9.28. The molecule has 1 aliphatic rings. The van der Waals surface area contributed by atoms with Crippen molar-refractivity contribution >= 4 is 22.7 Å². The van der Waals surface area contributed by atoms with E-state index in [1.807, 2.05) is 30.3 Å². The van der Waals surface area contributed by atoms with E-state index in [1.165, 1.54) is 0 Å². The van der Waals surface area contributed by atoms with Gasteiger partial charge in [-0.1, -0.05) is 30.3 Å². The van der Waals surface area contributed by atoms with Crippen molar-refractivity contribution in [2.45, 2.75) is 24.9 Å². The molecule has 1 aromatic carbocycles. The summed E-state index contributed by atoms with van der Waals surface area (Å²) in [5.41, 5.74) is 0.573. The summed E-state index contributed by atoms with van der Waals surface area (Å²) in [6.07, 6.45) is 2.86. The van der Waals surface area contributed by atoms with Crippen molar-refractivity contribution in [3.05, 3.63) is 30.3 Å². The topological polar surface area (TPSA) is 96.4 Å². The largest absolute Gasteiger partial charge is 0.394 e. The lowest BCUT2D eigenvalue weighted by Crippen LogP contribution is -2.51. The van der Waals surface area contributed by atoms with E-state index in [0.717, 1.165) is 36.4 Å². The molecular weight excluding hydrogens is 328 g/mol. The molecule has 2 aromatic rings. The van der Waals surface area contributed by atoms with Gasteiger partial charge in [-0.25, -0.2) is 4.79 Å². The van der Waals surface area contributed by atoms with Crippen LogP contribution in [0.1, 0.15) is 19.3 Å². The first kappa shape index (κ1) is 16.8. The first-order valence-electron chi connectivity index (χ1n) is 7.90. The maximum atomic E-state index is 12.0. The summed E-state index contributed by atoms with van der Waals surface area (Å²) < 4.78 is 9.91. The first-order valence-corrected chi connectivity index (χ1v) is 8.67. The number of aliphatic hydroxyl groups is 1. The third kappa shape index (κ3) is 4.08. The van der Waals surface area contributed by atoms with Crippen LogP contribution in [0.2, 0.25) is 0 Å². The molecule has 3 rings (SSSR count). The highest BCUT2D eigenvalue weighted by atomic mass is 32.1. The van der Waals surface area contributed by atoms with Gasteiger partial charge in [0.15, 0.2) is 5.82 Å². The van der Waals surface area contributed by atoms with Gasteiger partial charge in [-0.05, 0) is 19.3 Å². The highest BCUT2D eigenvalue weighted by Crippen LogP contribution is 2.34. The smallest absolute Gasteiger partial charge is 0.321 e. The van der Waals surface area contributed by atoms with Crippen LogP contribution < -0.4 is 10.6 Å². The number of ether oxygens (including phenoxy) is 1. The lowest BCUT2D eigenvalue weighted by molar-refractivity contribution is -0.104. The van der Waals surface area contributed by atoms with E-state index in [9.17, 15) is 4.79 Å². The van der Waals surface area contributed by atoms with E-state index in [0.29, 0.717) is 24.1 Å². The average molecular weight is 348 g/mol. The maximum absolute atomic E-state index is 12.0. The van der Waals surface area contributed by atoms with Crippen LogP contribution in [-0.4, -0.2) is 45.9 Å². The Kier molecular flexibility index (Phi) is 5.39. The first-order chi connectivity index (χ1) is 11.7. The molecule has 0 aliphatic heterocycles. The summed E-state index contributed by atoms with van der Waals surface area (Å²) in [7, 11) is 0. The molecule has 1 fully saturated rings. The number of carbonyl (C=O) groups is 1. The molecule has 7 nitrogen and oxygen atoms in total. The van der Waals surface area contributed by atoms with Crippen molar-refractivity contribution in [3.8, 4) is 11.4 Å². The number of amides is 2. The molecule has 1 saturated carbocycles. The Balaban J connectivity index is 1.51. The number of anilines is 1. The fourth-order valence-corrected chi connectivity index (χ4v) is 3.15. The fourth-order valence-electron chi connectivity index (χ4n) is 2.57. The minimum atomic E-state index is -0.337. The Morgan fingerprint density at radius 2 is 2.12 bits per heavy atom. The maximum Gasteiger partial charge on any atom is 0.321 e. The number of hydrogen-bond acceptors (Lipinski definition) is 6. The molecule has 1 heterocycles. The van der Waals surface area contributed by atoms with Crippen LogP contribution in [0.25, 0.3) is 11.4 Å². The Labute approximate surface area is 144 Å². The fraction of sp³-hybridized carbons (Fsp3) is 0.438. The van der Waals surface area contributed by atoms with Gasteiger partial charge in [-0.2, -0.15) is 9.36 Å². The van der Waals surface area contributed by atoms with E-state index >= 15 is 0 Å². The minimum Gasteiger partial charge on any atom is -0.394 e. The molecule has 0 atom stereocenters. The van der Waals surface area contributed by atoms with Crippen molar-refractivity contribution in [1.29, 1.82) is 0 Å². The number of aromatic nitrogens is 2. The molecule has 3 N–H and O–H groups in total. The van der Waals surface area contributed by atoms with Gasteiger partial charge in [0.25, 0.3) is 0 Å².